The minimum absolute atomic E-state index is 0.347. The van der Waals surface area contributed by atoms with Gasteiger partial charge in [-0.25, -0.2) is 4.79 Å². The van der Waals surface area contributed by atoms with Crippen molar-refractivity contribution in [3.05, 3.63) is 70.1 Å². The third kappa shape index (κ3) is 5.00. The van der Waals surface area contributed by atoms with Crippen molar-refractivity contribution in [1.82, 2.24) is 0 Å². The zero-order chi connectivity index (χ0) is 23.3. The lowest BCUT2D eigenvalue weighted by Gasteiger charge is -2.08. The minimum Gasteiger partial charge on any atom is -0.497 e. The Morgan fingerprint density at radius 3 is 2.31 bits per heavy atom. The summed E-state index contributed by atoms with van der Waals surface area (Å²) in [5.41, 5.74) is 3.81. The highest BCUT2D eigenvalue weighted by Gasteiger charge is 2.24. The summed E-state index contributed by atoms with van der Waals surface area (Å²) in [7, 11) is 4.46. The maximum atomic E-state index is 12.7. The van der Waals surface area contributed by atoms with Gasteiger partial charge in [-0.15, -0.1) is 11.3 Å². The number of carbonyl (C=O) groups excluding carboxylic acids is 2. The van der Waals surface area contributed by atoms with Crippen molar-refractivity contribution in [2.75, 3.05) is 26.6 Å². The van der Waals surface area contributed by atoms with Crippen LogP contribution in [0.25, 0.3) is 17.2 Å². The molecule has 1 amide bonds. The van der Waals surface area contributed by atoms with Crippen LogP contribution in [-0.4, -0.2) is 33.2 Å². The molecule has 0 atom stereocenters. The molecule has 3 rings (SSSR count). The van der Waals surface area contributed by atoms with Crippen LogP contribution < -0.4 is 14.8 Å². The van der Waals surface area contributed by atoms with E-state index in [1.165, 1.54) is 24.5 Å². The number of methoxy groups -OCH3 is 3. The average Bonchev–Trinajstić information content (AvgIpc) is 3.12. The largest absolute Gasteiger partial charge is 0.497 e. The maximum Gasteiger partial charge on any atom is 0.341 e. The van der Waals surface area contributed by atoms with E-state index in [2.05, 4.69) is 5.32 Å². The quantitative estimate of drug-likeness (QED) is 0.380. The third-order valence-corrected chi connectivity index (χ3v) is 5.92. The molecule has 2 aromatic carbocycles. The topological polar surface area (TPSA) is 73.9 Å². The van der Waals surface area contributed by atoms with Gasteiger partial charge in [0, 0.05) is 22.1 Å². The molecule has 32 heavy (non-hydrogen) atoms. The molecule has 0 bridgehead atoms. The Morgan fingerprint density at radius 2 is 1.69 bits per heavy atom. The molecule has 0 aliphatic heterocycles. The number of hydrogen-bond acceptors (Lipinski definition) is 6. The highest BCUT2D eigenvalue weighted by molar-refractivity contribution is 7.17. The highest BCUT2D eigenvalue weighted by Crippen LogP contribution is 2.40. The first-order valence-electron chi connectivity index (χ1n) is 9.87. The number of nitrogens with one attached hydrogen (secondary N) is 1. The van der Waals surface area contributed by atoms with Gasteiger partial charge in [-0.3, -0.25) is 4.79 Å². The molecule has 0 saturated heterocycles. The van der Waals surface area contributed by atoms with Gasteiger partial charge in [-0.2, -0.15) is 0 Å². The first kappa shape index (κ1) is 23.1. The fraction of sp³-hybridized carbons (Fsp3) is 0.200. The first-order valence-corrected chi connectivity index (χ1v) is 10.7. The van der Waals surface area contributed by atoms with E-state index in [9.17, 15) is 9.59 Å². The average molecular weight is 452 g/mol. The number of esters is 1. The van der Waals surface area contributed by atoms with Crippen LogP contribution in [0, 0.1) is 13.8 Å². The van der Waals surface area contributed by atoms with Crippen LogP contribution in [0.1, 0.15) is 26.4 Å². The molecule has 1 N–H and O–H groups in total. The number of ether oxygens (including phenoxy) is 3. The number of aryl methyl sites for hydroxylation is 2. The van der Waals surface area contributed by atoms with E-state index < -0.39 is 5.97 Å². The van der Waals surface area contributed by atoms with Crippen molar-refractivity contribution >= 4 is 34.3 Å². The van der Waals surface area contributed by atoms with Crippen molar-refractivity contribution in [3.63, 3.8) is 0 Å². The van der Waals surface area contributed by atoms with Crippen LogP contribution in [0.5, 0.6) is 11.5 Å². The standard InChI is InChI=1S/C25H25NO5S/c1-15-6-8-17(9-7-15)22-16(2)32-24(23(22)25(28)31-5)26-21(27)13-10-18-14-19(29-3)11-12-20(18)30-4/h6-14H,1-5H3,(H,26,27)/b13-10+. The predicted molar refractivity (Wildman–Crippen MR) is 128 cm³/mol. The summed E-state index contributed by atoms with van der Waals surface area (Å²) < 4.78 is 15.6. The van der Waals surface area contributed by atoms with Crippen molar-refractivity contribution < 1.29 is 23.8 Å². The summed E-state index contributed by atoms with van der Waals surface area (Å²) in [4.78, 5) is 26.2. The number of carbonyl (C=O) groups is 2. The Balaban J connectivity index is 1.93. The number of amides is 1. The van der Waals surface area contributed by atoms with Crippen molar-refractivity contribution in [2.45, 2.75) is 13.8 Å². The summed E-state index contributed by atoms with van der Waals surface area (Å²) in [6.07, 6.45) is 3.02. The molecule has 7 heteroatoms. The molecule has 1 aromatic heterocycles. The van der Waals surface area contributed by atoms with Crippen LogP contribution in [-0.2, 0) is 9.53 Å². The van der Waals surface area contributed by atoms with Crippen LogP contribution in [0.3, 0.4) is 0 Å². The van der Waals surface area contributed by atoms with E-state index in [1.807, 2.05) is 38.1 Å². The lowest BCUT2D eigenvalue weighted by atomic mass is 10.0. The number of thiophene rings is 1. The number of rotatable bonds is 7. The van der Waals surface area contributed by atoms with Gasteiger partial charge in [0.15, 0.2) is 0 Å². The molecular weight excluding hydrogens is 426 g/mol. The normalized spacial score (nSPS) is 10.8. The molecule has 0 fully saturated rings. The molecule has 1 heterocycles. The van der Waals surface area contributed by atoms with Crippen LogP contribution in [0.2, 0.25) is 0 Å². The van der Waals surface area contributed by atoms with Gasteiger partial charge in [0.2, 0.25) is 5.91 Å². The van der Waals surface area contributed by atoms with Crippen LogP contribution in [0.4, 0.5) is 5.00 Å². The van der Waals surface area contributed by atoms with Crippen LogP contribution >= 0.6 is 11.3 Å². The summed E-state index contributed by atoms with van der Waals surface area (Å²) in [5.74, 6) is 0.379. The van der Waals surface area contributed by atoms with Crippen molar-refractivity contribution in [2.24, 2.45) is 0 Å². The van der Waals surface area contributed by atoms with E-state index in [0.29, 0.717) is 27.6 Å². The van der Waals surface area contributed by atoms with Gasteiger partial charge < -0.3 is 19.5 Å². The lowest BCUT2D eigenvalue weighted by Crippen LogP contribution is -2.11. The molecule has 0 spiro atoms. The molecule has 166 valence electrons. The molecule has 3 aromatic rings. The van der Waals surface area contributed by atoms with Gasteiger partial charge in [-0.1, -0.05) is 29.8 Å². The van der Waals surface area contributed by atoms with E-state index in [1.54, 1.807) is 38.5 Å². The molecule has 0 saturated carbocycles. The second kappa shape index (κ2) is 10.2. The molecule has 0 unspecified atom stereocenters. The fourth-order valence-electron chi connectivity index (χ4n) is 3.29. The second-order valence-electron chi connectivity index (χ2n) is 7.03. The minimum atomic E-state index is -0.501. The summed E-state index contributed by atoms with van der Waals surface area (Å²) in [6.45, 7) is 3.92. The summed E-state index contributed by atoms with van der Waals surface area (Å²) in [5, 5.41) is 3.27. The Morgan fingerprint density at radius 1 is 0.969 bits per heavy atom. The highest BCUT2D eigenvalue weighted by atomic mass is 32.1. The van der Waals surface area contributed by atoms with Gasteiger partial charge >= 0.3 is 5.97 Å². The Hall–Kier alpha value is -3.58. The van der Waals surface area contributed by atoms with E-state index in [-0.39, 0.29) is 5.91 Å². The Bertz CT molecular complexity index is 1160. The third-order valence-electron chi connectivity index (χ3n) is 4.90. The van der Waals surface area contributed by atoms with Gasteiger partial charge in [0.05, 0.1) is 21.3 Å². The maximum absolute atomic E-state index is 12.7. The van der Waals surface area contributed by atoms with Crippen molar-refractivity contribution in [3.8, 4) is 22.6 Å². The molecule has 0 radical (unpaired) electrons. The monoisotopic (exact) mass is 451 g/mol. The molecule has 0 aliphatic rings. The second-order valence-corrected chi connectivity index (χ2v) is 8.25. The lowest BCUT2D eigenvalue weighted by molar-refractivity contribution is -0.111. The molecule has 6 nitrogen and oxygen atoms in total. The zero-order valence-electron chi connectivity index (χ0n) is 18.6. The van der Waals surface area contributed by atoms with Crippen LogP contribution in [0.15, 0.2) is 48.5 Å². The van der Waals surface area contributed by atoms with Gasteiger partial charge in [0.1, 0.15) is 22.1 Å². The number of anilines is 1. The molecular formula is C25H25NO5S. The van der Waals surface area contributed by atoms with E-state index >= 15 is 0 Å². The molecule has 0 aliphatic carbocycles. The number of hydrogen-bond donors (Lipinski definition) is 1. The van der Waals surface area contributed by atoms with E-state index in [0.717, 1.165) is 21.6 Å². The van der Waals surface area contributed by atoms with Gasteiger partial charge in [0.25, 0.3) is 0 Å². The van der Waals surface area contributed by atoms with Crippen molar-refractivity contribution in [1.29, 1.82) is 0 Å². The van der Waals surface area contributed by atoms with E-state index in [4.69, 9.17) is 14.2 Å². The summed E-state index contributed by atoms with van der Waals surface area (Å²) in [6, 6.07) is 13.2. The SMILES string of the molecule is COC(=O)c1c(NC(=O)/C=C/c2cc(OC)ccc2OC)sc(C)c1-c1ccc(C)cc1. The predicted octanol–water partition coefficient (Wildman–Crippen LogP) is 5.49. The first-order chi connectivity index (χ1) is 15.4. The van der Waals surface area contributed by atoms with Gasteiger partial charge in [-0.05, 0) is 43.7 Å². The smallest absolute Gasteiger partial charge is 0.341 e. The summed E-state index contributed by atoms with van der Waals surface area (Å²) >= 11 is 1.34. The number of benzene rings is 2. The Labute approximate surface area is 191 Å². The zero-order valence-corrected chi connectivity index (χ0v) is 19.5. The Kier molecular flexibility index (Phi) is 7.33. The fourth-order valence-corrected chi connectivity index (χ4v) is 4.35.